The Bertz CT molecular complexity index is 801. The Labute approximate surface area is 189 Å². The third kappa shape index (κ3) is 6.42. The van der Waals surface area contributed by atoms with Crippen LogP contribution >= 0.6 is 11.3 Å². The Morgan fingerprint density at radius 1 is 1.11 bits per heavy atom. The second-order valence-electron chi connectivity index (χ2n) is 6.31. The Kier molecular flexibility index (Phi) is 8.65. The average Bonchev–Trinajstić information content (AvgIpc) is 3.31. The molecule has 1 fully saturated rings. The van der Waals surface area contributed by atoms with Crippen LogP contribution < -0.4 is 50.6 Å². The van der Waals surface area contributed by atoms with E-state index in [9.17, 15) is 19.5 Å². The minimum absolute atomic E-state index is 0. The number of carboxylic acid groups (broad SMARTS) is 1. The summed E-state index contributed by atoms with van der Waals surface area (Å²) in [6, 6.07) is 10.7. The molecule has 0 saturated carbocycles. The first kappa shape index (κ1) is 22.6. The van der Waals surface area contributed by atoms with E-state index in [0.717, 1.165) is 10.4 Å². The number of rotatable bonds is 9. The zero-order valence-electron chi connectivity index (χ0n) is 15.5. The summed E-state index contributed by atoms with van der Waals surface area (Å²) in [4.78, 5) is 36.8. The standard InChI is InChI=1S/C19H21N3O4S.Na/c23-17(20-9-8-13-7-4-10-27-13)14(11-12-5-2-1-3-6-12)21-18(24)15-16(22-15)19(25)26;/h1-7,10,14-16,22H,8-9,11H2,(H,20,23)(H,21,24)(H,25,26);/q;+1/p-1/t14-,15-,16-;/m0./s1. The summed E-state index contributed by atoms with van der Waals surface area (Å²) in [5.41, 5.74) is 0.899. The van der Waals surface area contributed by atoms with E-state index in [0.29, 0.717) is 19.4 Å². The summed E-state index contributed by atoms with van der Waals surface area (Å²) in [6.07, 6.45) is 1.03. The first-order valence-electron chi connectivity index (χ1n) is 8.66. The number of carbonyl (C=O) groups is 3. The van der Waals surface area contributed by atoms with Crippen LogP contribution in [0.25, 0.3) is 0 Å². The summed E-state index contributed by atoms with van der Waals surface area (Å²) >= 11 is 1.62. The molecule has 1 aromatic carbocycles. The van der Waals surface area contributed by atoms with Crippen molar-refractivity contribution in [1.29, 1.82) is 0 Å². The monoisotopic (exact) mass is 409 g/mol. The Hall–Kier alpha value is -1.71. The minimum atomic E-state index is -1.32. The molecule has 142 valence electrons. The van der Waals surface area contributed by atoms with Crippen molar-refractivity contribution in [3.05, 3.63) is 58.3 Å². The molecule has 1 aliphatic rings. The summed E-state index contributed by atoms with van der Waals surface area (Å²) in [6.45, 7) is 0.462. The van der Waals surface area contributed by atoms with Crippen LogP contribution in [0.4, 0.5) is 0 Å². The van der Waals surface area contributed by atoms with Gasteiger partial charge in [-0.1, -0.05) is 36.4 Å². The number of carboxylic acids is 1. The Morgan fingerprint density at radius 2 is 1.86 bits per heavy atom. The molecule has 0 spiro atoms. The van der Waals surface area contributed by atoms with Crippen molar-refractivity contribution in [2.24, 2.45) is 0 Å². The number of hydrogen-bond donors (Lipinski definition) is 3. The fourth-order valence-electron chi connectivity index (χ4n) is 2.78. The van der Waals surface area contributed by atoms with Crippen molar-refractivity contribution >= 4 is 29.1 Å². The maximum absolute atomic E-state index is 12.6. The van der Waals surface area contributed by atoms with Crippen molar-refractivity contribution in [1.82, 2.24) is 16.0 Å². The molecule has 0 unspecified atom stereocenters. The number of aliphatic carboxylic acids is 1. The molecule has 1 aromatic heterocycles. The van der Waals surface area contributed by atoms with Gasteiger partial charge in [-0.15, -0.1) is 11.3 Å². The van der Waals surface area contributed by atoms with E-state index >= 15 is 0 Å². The van der Waals surface area contributed by atoms with E-state index in [1.165, 1.54) is 0 Å². The fraction of sp³-hybridized carbons (Fsp3) is 0.316. The van der Waals surface area contributed by atoms with Crippen LogP contribution in [0, 0.1) is 0 Å². The van der Waals surface area contributed by atoms with Crippen molar-refractivity contribution < 1.29 is 49.0 Å². The fourth-order valence-corrected chi connectivity index (χ4v) is 3.49. The summed E-state index contributed by atoms with van der Waals surface area (Å²) in [5.74, 6) is -2.14. The largest absolute Gasteiger partial charge is 1.00 e. The number of hydrogen-bond acceptors (Lipinski definition) is 6. The molecule has 28 heavy (non-hydrogen) atoms. The molecule has 3 N–H and O–H groups in total. The van der Waals surface area contributed by atoms with Gasteiger partial charge >= 0.3 is 29.6 Å². The van der Waals surface area contributed by atoms with Gasteiger partial charge in [-0.05, 0) is 23.4 Å². The maximum atomic E-state index is 12.6. The maximum Gasteiger partial charge on any atom is 1.00 e. The first-order chi connectivity index (χ1) is 13.0. The third-order valence-corrected chi connectivity index (χ3v) is 5.22. The smallest absolute Gasteiger partial charge is 0.548 e. The van der Waals surface area contributed by atoms with Gasteiger partial charge in [-0.2, -0.15) is 0 Å². The zero-order valence-corrected chi connectivity index (χ0v) is 18.3. The van der Waals surface area contributed by atoms with Gasteiger partial charge in [0.15, 0.2) is 0 Å². The van der Waals surface area contributed by atoms with Gasteiger partial charge in [0.05, 0.1) is 12.0 Å². The van der Waals surface area contributed by atoms with Crippen LogP contribution in [0.1, 0.15) is 10.4 Å². The third-order valence-electron chi connectivity index (χ3n) is 4.29. The quantitative estimate of drug-likeness (QED) is 0.290. The predicted octanol–water partition coefficient (Wildman–Crippen LogP) is -3.77. The summed E-state index contributed by atoms with van der Waals surface area (Å²) < 4.78 is 0. The summed E-state index contributed by atoms with van der Waals surface area (Å²) in [7, 11) is 0. The zero-order chi connectivity index (χ0) is 19.2. The molecule has 9 heteroatoms. The molecular formula is C19H20N3NaO4S. The molecule has 2 amide bonds. The van der Waals surface area contributed by atoms with Gasteiger partial charge in [-0.25, -0.2) is 0 Å². The van der Waals surface area contributed by atoms with E-state index in [2.05, 4.69) is 16.0 Å². The van der Waals surface area contributed by atoms with E-state index in [1.54, 1.807) is 11.3 Å². The Balaban J connectivity index is 0.00000280. The number of thiophene rings is 1. The molecule has 3 rings (SSSR count). The van der Waals surface area contributed by atoms with Crippen molar-refractivity contribution in [2.45, 2.75) is 31.0 Å². The van der Waals surface area contributed by atoms with E-state index in [4.69, 9.17) is 0 Å². The Morgan fingerprint density at radius 3 is 2.46 bits per heavy atom. The second kappa shape index (κ2) is 10.7. The van der Waals surface area contributed by atoms with Gasteiger partial charge in [0, 0.05) is 17.8 Å². The predicted molar refractivity (Wildman–Crippen MR) is 98.8 cm³/mol. The van der Waals surface area contributed by atoms with Gasteiger partial charge in [-0.3, -0.25) is 14.9 Å². The van der Waals surface area contributed by atoms with Gasteiger partial charge < -0.3 is 20.5 Å². The SMILES string of the molecule is O=C(NCCc1cccs1)[C@H](Cc1ccccc1)NC(=O)[C@H]1N[C@@H]1C(=O)[O-].[Na+]. The minimum Gasteiger partial charge on any atom is -0.548 e. The number of carbonyl (C=O) groups excluding carboxylic acids is 3. The number of nitrogens with one attached hydrogen (secondary N) is 3. The molecule has 1 saturated heterocycles. The molecule has 2 heterocycles. The van der Waals surface area contributed by atoms with Crippen LogP contribution in [-0.2, 0) is 27.2 Å². The van der Waals surface area contributed by atoms with E-state index < -0.39 is 30.0 Å². The molecule has 0 aliphatic carbocycles. The summed E-state index contributed by atoms with van der Waals surface area (Å²) in [5, 5.41) is 20.8. The van der Waals surface area contributed by atoms with Gasteiger partial charge in [0.25, 0.3) is 0 Å². The van der Waals surface area contributed by atoms with E-state index in [-0.39, 0.29) is 35.5 Å². The van der Waals surface area contributed by atoms with Crippen LogP contribution in [0.2, 0.25) is 0 Å². The normalized spacial score (nSPS) is 18.4. The molecule has 7 nitrogen and oxygen atoms in total. The van der Waals surface area contributed by atoms with Crippen LogP contribution in [0.5, 0.6) is 0 Å². The van der Waals surface area contributed by atoms with Crippen LogP contribution in [0.15, 0.2) is 47.8 Å². The van der Waals surface area contributed by atoms with Crippen LogP contribution in [-0.4, -0.2) is 42.5 Å². The van der Waals surface area contributed by atoms with Crippen molar-refractivity contribution in [3.8, 4) is 0 Å². The molecule has 2 aromatic rings. The number of amides is 2. The topological polar surface area (TPSA) is 120 Å². The van der Waals surface area contributed by atoms with Crippen molar-refractivity contribution in [3.63, 3.8) is 0 Å². The van der Waals surface area contributed by atoms with Gasteiger partial charge in [0.2, 0.25) is 11.8 Å². The molecular weight excluding hydrogens is 389 g/mol. The average molecular weight is 409 g/mol. The number of benzene rings is 1. The van der Waals surface area contributed by atoms with Gasteiger partial charge in [0.1, 0.15) is 12.1 Å². The van der Waals surface area contributed by atoms with Crippen molar-refractivity contribution in [2.75, 3.05) is 6.54 Å². The first-order valence-corrected chi connectivity index (χ1v) is 9.54. The second-order valence-corrected chi connectivity index (χ2v) is 7.34. The van der Waals surface area contributed by atoms with Crippen LogP contribution in [0.3, 0.4) is 0 Å². The van der Waals surface area contributed by atoms with E-state index in [1.807, 2.05) is 47.8 Å². The molecule has 0 radical (unpaired) electrons. The molecule has 3 atom stereocenters. The molecule has 1 aliphatic heterocycles. The molecule has 0 bridgehead atoms.